The average molecular weight is 231 g/mol. The zero-order chi connectivity index (χ0) is 12.3. The molecule has 1 saturated heterocycles. The van der Waals surface area contributed by atoms with Crippen LogP contribution >= 0.6 is 0 Å². The zero-order valence-corrected chi connectivity index (χ0v) is 11.4. The van der Waals surface area contributed by atoms with Crippen LogP contribution in [-0.2, 0) is 0 Å². The molecule has 1 heterocycles. The van der Waals surface area contributed by atoms with Crippen LogP contribution in [0.4, 0.5) is 0 Å². The van der Waals surface area contributed by atoms with Crippen molar-refractivity contribution in [3.63, 3.8) is 0 Å². The Morgan fingerprint density at radius 1 is 1.06 bits per heavy atom. The molecule has 0 aliphatic carbocycles. The highest BCUT2D eigenvalue weighted by Gasteiger charge is 2.33. The lowest BCUT2D eigenvalue weighted by Crippen LogP contribution is -2.35. The molecule has 1 aromatic carbocycles. The fourth-order valence-electron chi connectivity index (χ4n) is 3.32. The molecule has 2 rings (SSSR count). The van der Waals surface area contributed by atoms with Gasteiger partial charge < -0.3 is 5.32 Å². The summed E-state index contributed by atoms with van der Waals surface area (Å²) in [7, 11) is 0. The van der Waals surface area contributed by atoms with Crippen molar-refractivity contribution in [3.05, 3.63) is 35.9 Å². The van der Waals surface area contributed by atoms with E-state index in [9.17, 15) is 0 Å². The van der Waals surface area contributed by atoms with Gasteiger partial charge in [-0.25, -0.2) is 0 Å². The molecule has 1 aliphatic heterocycles. The lowest BCUT2D eigenvalue weighted by Gasteiger charge is -2.39. The van der Waals surface area contributed by atoms with E-state index in [0.717, 1.165) is 5.92 Å². The second-order valence-corrected chi connectivity index (χ2v) is 6.34. The molecule has 1 atom stereocenters. The van der Waals surface area contributed by atoms with Crippen LogP contribution in [-0.4, -0.2) is 13.1 Å². The van der Waals surface area contributed by atoms with Gasteiger partial charge in [0.15, 0.2) is 0 Å². The summed E-state index contributed by atoms with van der Waals surface area (Å²) in [6.07, 6.45) is 2.63. The second-order valence-electron chi connectivity index (χ2n) is 6.34. The third kappa shape index (κ3) is 3.10. The highest BCUT2D eigenvalue weighted by molar-refractivity contribution is 5.22. The summed E-state index contributed by atoms with van der Waals surface area (Å²) in [5.41, 5.74) is 1.87. The predicted molar refractivity (Wildman–Crippen MR) is 74.2 cm³/mol. The molecule has 0 aromatic heterocycles. The molecule has 1 N–H and O–H groups in total. The highest BCUT2D eigenvalue weighted by Crippen LogP contribution is 2.43. The van der Waals surface area contributed by atoms with E-state index >= 15 is 0 Å². The summed E-state index contributed by atoms with van der Waals surface area (Å²) in [4.78, 5) is 0. The van der Waals surface area contributed by atoms with E-state index in [2.05, 4.69) is 56.4 Å². The summed E-state index contributed by atoms with van der Waals surface area (Å²) >= 11 is 0. The van der Waals surface area contributed by atoms with Gasteiger partial charge in [-0.1, -0.05) is 51.1 Å². The molecule has 0 amide bonds. The summed E-state index contributed by atoms with van der Waals surface area (Å²) < 4.78 is 0. The molecule has 1 nitrogen and oxygen atoms in total. The maximum absolute atomic E-state index is 3.47. The van der Waals surface area contributed by atoms with E-state index in [1.54, 1.807) is 0 Å². The van der Waals surface area contributed by atoms with Gasteiger partial charge in [-0.2, -0.15) is 0 Å². The minimum Gasteiger partial charge on any atom is -0.317 e. The second kappa shape index (κ2) is 5.22. The number of hydrogen-bond acceptors (Lipinski definition) is 1. The predicted octanol–water partition coefficient (Wildman–Crippen LogP) is 3.82. The van der Waals surface area contributed by atoms with E-state index in [1.165, 1.54) is 31.5 Å². The zero-order valence-electron chi connectivity index (χ0n) is 11.4. The number of rotatable bonds is 2. The van der Waals surface area contributed by atoms with Crippen LogP contribution in [0.3, 0.4) is 0 Å². The molecule has 94 valence electrons. The van der Waals surface area contributed by atoms with Gasteiger partial charge in [0.2, 0.25) is 0 Å². The Bertz CT molecular complexity index is 330. The highest BCUT2D eigenvalue weighted by atomic mass is 14.9. The first kappa shape index (κ1) is 12.6. The largest absolute Gasteiger partial charge is 0.317 e. The Balaban J connectivity index is 2.25. The fraction of sp³-hybridized carbons (Fsp3) is 0.625. The molecule has 1 aromatic rings. The smallest absolute Gasteiger partial charge is 0.00460 e. The first-order valence-electron chi connectivity index (χ1n) is 6.84. The fourth-order valence-corrected chi connectivity index (χ4v) is 3.32. The van der Waals surface area contributed by atoms with Gasteiger partial charge >= 0.3 is 0 Å². The van der Waals surface area contributed by atoms with Crippen LogP contribution < -0.4 is 5.32 Å². The van der Waals surface area contributed by atoms with E-state index in [0.29, 0.717) is 11.3 Å². The maximum Gasteiger partial charge on any atom is -0.00460 e. The summed E-state index contributed by atoms with van der Waals surface area (Å²) in [6, 6.07) is 11.1. The third-order valence-corrected chi connectivity index (χ3v) is 3.95. The minimum absolute atomic E-state index is 0.351. The molecule has 0 spiro atoms. The minimum atomic E-state index is 0.351. The van der Waals surface area contributed by atoms with Gasteiger partial charge in [0.1, 0.15) is 0 Å². The number of hydrogen-bond donors (Lipinski definition) is 1. The van der Waals surface area contributed by atoms with Crippen LogP contribution in [0, 0.1) is 11.3 Å². The molecule has 1 heteroatoms. The average Bonchev–Trinajstić information content (AvgIpc) is 2.30. The SMILES string of the molecule is CC(C)(C)C(c1ccccc1)C1CCNCC1. The van der Waals surface area contributed by atoms with Crippen molar-refractivity contribution in [3.8, 4) is 0 Å². The first-order chi connectivity index (χ1) is 8.09. The van der Waals surface area contributed by atoms with Crippen molar-refractivity contribution in [2.75, 3.05) is 13.1 Å². The van der Waals surface area contributed by atoms with Gasteiger partial charge in [0.25, 0.3) is 0 Å². The van der Waals surface area contributed by atoms with Crippen molar-refractivity contribution >= 4 is 0 Å². The number of piperidine rings is 1. The summed E-state index contributed by atoms with van der Waals surface area (Å²) in [5.74, 6) is 1.52. The molecule has 0 saturated carbocycles. The molecule has 17 heavy (non-hydrogen) atoms. The van der Waals surface area contributed by atoms with Crippen molar-refractivity contribution in [2.24, 2.45) is 11.3 Å². The standard InChI is InChI=1S/C16H25N/c1-16(2,3)15(13-7-5-4-6-8-13)14-9-11-17-12-10-14/h4-8,14-15,17H,9-12H2,1-3H3. The Morgan fingerprint density at radius 3 is 2.18 bits per heavy atom. The van der Waals surface area contributed by atoms with Gasteiger partial charge in [-0.05, 0) is 48.7 Å². The molecule has 1 aliphatic rings. The Hall–Kier alpha value is -0.820. The summed E-state index contributed by atoms with van der Waals surface area (Å²) in [5, 5.41) is 3.47. The van der Waals surface area contributed by atoms with E-state index < -0.39 is 0 Å². The van der Waals surface area contributed by atoms with Gasteiger partial charge in [0, 0.05) is 0 Å². The first-order valence-corrected chi connectivity index (χ1v) is 6.84. The molecular weight excluding hydrogens is 206 g/mol. The van der Waals surface area contributed by atoms with Crippen molar-refractivity contribution < 1.29 is 0 Å². The van der Waals surface area contributed by atoms with Gasteiger partial charge in [-0.3, -0.25) is 0 Å². The molecule has 0 radical (unpaired) electrons. The van der Waals surface area contributed by atoms with Gasteiger partial charge in [-0.15, -0.1) is 0 Å². The summed E-state index contributed by atoms with van der Waals surface area (Å²) in [6.45, 7) is 9.51. The Morgan fingerprint density at radius 2 is 1.65 bits per heavy atom. The molecule has 0 bridgehead atoms. The maximum atomic E-state index is 3.47. The lowest BCUT2D eigenvalue weighted by atomic mass is 9.67. The normalized spacial score (nSPS) is 20.2. The van der Waals surface area contributed by atoms with Crippen LogP contribution in [0.25, 0.3) is 0 Å². The van der Waals surface area contributed by atoms with Gasteiger partial charge in [0.05, 0.1) is 0 Å². The van der Waals surface area contributed by atoms with E-state index in [4.69, 9.17) is 0 Å². The van der Waals surface area contributed by atoms with Crippen molar-refractivity contribution in [1.29, 1.82) is 0 Å². The Kier molecular flexibility index (Phi) is 3.88. The monoisotopic (exact) mass is 231 g/mol. The van der Waals surface area contributed by atoms with E-state index in [1.807, 2.05) is 0 Å². The topological polar surface area (TPSA) is 12.0 Å². The van der Waals surface area contributed by atoms with Crippen LogP contribution in [0.1, 0.15) is 45.1 Å². The molecular formula is C16H25N. The van der Waals surface area contributed by atoms with E-state index in [-0.39, 0.29) is 0 Å². The van der Waals surface area contributed by atoms with Crippen LogP contribution in [0.15, 0.2) is 30.3 Å². The van der Waals surface area contributed by atoms with Crippen LogP contribution in [0.2, 0.25) is 0 Å². The Labute approximate surface area is 106 Å². The van der Waals surface area contributed by atoms with Crippen LogP contribution in [0.5, 0.6) is 0 Å². The molecule has 1 unspecified atom stereocenters. The molecule has 1 fully saturated rings. The lowest BCUT2D eigenvalue weighted by molar-refractivity contribution is 0.197. The van der Waals surface area contributed by atoms with Crippen molar-refractivity contribution in [1.82, 2.24) is 5.32 Å². The quantitative estimate of drug-likeness (QED) is 0.816. The number of nitrogens with one attached hydrogen (secondary N) is 1. The number of benzene rings is 1. The van der Waals surface area contributed by atoms with Crippen molar-refractivity contribution in [2.45, 2.75) is 39.5 Å². The third-order valence-electron chi connectivity index (χ3n) is 3.95.